The van der Waals surface area contributed by atoms with Crippen molar-refractivity contribution >= 4 is 23.4 Å². The van der Waals surface area contributed by atoms with Gasteiger partial charge >= 0.3 is 6.36 Å². The van der Waals surface area contributed by atoms with Gasteiger partial charge in [0.25, 0.3) is 11.8 Å². The van der Waals surface area contributed by atoms with Gasteiger partial charge in [-0.1, -0.05) is 11.6 Å². The number of carbonyl (C=O) groups is 2. The van der Waals surface area contributed by atoms with Gasteiger partial charge in [-0.25, -0.2) is 15.0 Å². The van der Waals surface area contributed by atoms with Crippen LogP contribution in [-0.2, 0) is 0 Å². The summed E-state index contributed by atoms with van der Waals surface area (Å²) >= 11 is 5.86. The van der Waals surface area contributed by atoms with Crippen LogP contribution in [0.2, 0.25) is 5.02 Å². The first kappa shape index (κ1) is 23.4. The number of primary amides is 1. The summed E-state index contributed by atoms with van der Waals surface area (Å²) < 4.78 is 42.9. The summed E-state index contributed by atoms with van der Waals surface area (Å²) in [5.74, 6) is -0.899. The second kappa shape index (κ2) is 8.89. The Morgan fingerprint density at radius 2 is 1.97 bits per heavy atom. The second-order valence-electron chi connectivity index (χ2n) is 7.56. The van der Waals surface area contributed by atoms with Crippen molar-refractivity contribution < 1.29 is 27.5 Å². The molecule has 178 valence electrons. The fourth-order valence-corrected chi connectivity index (χ4v) is 3.36. The van der Waals surface area contributed by atoms with E-state index in [-0.39, 0.29) is 33.8 Å². The lowest BCUT2D eigenvalue weighted by molar-refractivity contribution is -0.274. The normalized spacial score (nSPS) is 14.5. The number of nitrogens with one attached hydrogen (secondary N) is 1. The van der Waals surface area contributed by atoms with E-state index in [9.17, 15) is 22.8 Å². The van der Waals surface area contributed by atoms with Crippen molar-refractivity contribution in [2.45, 2.75) is 38.1 Å². The number of alkyl halides is 3. The van der Waals surface area contributed by atoms with E-state index in [1.54, 1.807) is 6.92 Å². The van der Waals surface area contributed by atoms with Crippen LogP contribution in [0.1, 0.15) is 64.2 Å². The van der Waals surface area contributed by atoms with Crippen LogP contribution in [0.4, 0.5) is 13.2 Å². The van der Waals surface area contributed by atoms with Gasteiger partial charge in [-0.3, -0.25) is 9.59 Å². The molecular weight excluding hydrogens is 479 g/mol. The Bertz CT molecular complexity index is 1260. The molecule has 0 saturated heterocycles. The Morgan fingerprint density at radius 1 is 1.24 bits per heavy atom. The van der Waals surface area contributed by atoms with Gasteiger partial charge in [0, 0.05) is 22.6 Å². The van der Waals surface area contributed by atoms with Gasteiger partial charge in [0.05, 0.1) is 6.04 Å². The molecule has 2 amide bonds. The third kappa shape index (κ3) is 5.42. The first-order chi connectivity index (χ1) is 16.0. The molecule has 2 aromatic heterocycles. The maximum absolute atomic E-state index is 12.8. The molecule has 1 fully saturated rings. The van der Waals surface area contributed by atoms with Crippen molar-refractivity contribution in [1.82, 2.24) is 30.0 Å². The number of carbonyl (C=O) groups excluding carboxylic acids is 2. The van der Waals surface area contributed by atoms with E-state index < -0.39 is 30.0 Å². The van der Waals surface area contributed by atoms with Crippen molar-refractivity contribution in [3.8, 4) is 11.6 Å². The first-order valence-corrected chi connectivity index (χ1v) is 10.3. The predicted octanol–water partition coefficient (Wildman–Crippen LogP) is 3.08. The van der Waals surface area contributed by atoms with Crippen molar-refractivity contribution in [2.75, 3.05) is 0 Å². The number of aromatic nitrogens is 5. The lowest BCUT2D eigenvalue weighted by Gasteiger charge is -2.15. The molecule has 0 unspecified atom stereocenters. The topological polar surface area (TPSA) is 138 Å². The number of ether oxygens (including phenoxy) is 1. The van der Waals surface area contributed by atoms with Crippen molar-refractivity contribution in [3.63, 3.8) is 0 Å². The van der Waals surface area contributed by atoms with E-state index in [4.69, 9.17) is 17.3 Å². The minimum absolute atomic E-state index is 0.0350. The third-order valence-corrected chi connectivity index (χ3v) is 5.03. The molecule has 4 rings (SSSR count). The summed E-state index contributed by atoms with van der Waals surface area (Å²) in [7, 11) is 0. The minimum Gasteiger partial charge on any atom is -0.406 e. The maximum Gasteiger partial charge on any atom is 0.573 e. The molecule has 1 aromatic carbocycles. The average Bonchev–Trinajstić information content (AvgIpc) is 3.50. The minimum atomic E-state index is -4.94. The largest absolute Gasteiger partial charge is 0.573 e. The molecular formula is C20H17ClF3N7O3. The summed E-state index contributed by atoms with van der Waals surface area (Å²) in [6.07, 6.45) is -1.98. The van der Waals surface area contributed by atoms with Crippen LogP contribution >= 0.6 is 11.6 Å². The quantitative estimate of drug-likeness (QED) is 0.513. The number of amides is 2. The molecule has 0 aliphatic heterocycles. The van der Waals surface area contributed by atoms with Crippen LogP contribution in [0.25, 0.3) is 5.82 Å². The molecule has 1 aliphatic carbocycles. The molecule has 1 aliphatic rings. The zero-order valence-corrected chi connectivity index (χ0v) is 18.3. The highest BCUT2D eigenvalue weighted by atomic mass is 35.5. The van der Waals surface area contributed by atoms with Gasteiger partial charge in [-0.2, -0.15) is 4.68 Å². The Kier molecular flexibility index (Phi) is 6.13. The van der Waals surface area contributed by atoms with Crippen molar-refractivity contribution in [3.05, 3.63) is 58.5 Å². The predicted molar refractivity (Wildman–Crippen MR) is 111 cm³/mol. The van der Waals surface area contributed by atoms with E-state index in [1.807, 2.05) is 0 Å². The monoisotopic (exact) mass is 495 g/mol. The van der Waals surface area contributed by atoms with Crippen LogP contribution in [0.3, 0.4) is 0 Å². The number of nitrogens with two attached hydrogens (primary N) is 1. The van der Waals surface area contributed by atoms with E-state index >= 15 is 0 Å². The van der Waals surface area contributed by atoms with Gasteiger partial charge in [-0.05, 0) is 38.0 Å². The summed E-state index contributed by atoms with van der Waals surface area (Å²) in [5, 5.41) is 7.00. The highest BCUT2D eigenvalue weighted by Gasteiger charge is 2.32. The van der Waals surface area contributed by atoms with Crippen LogP contribution in [0.15, 0.2) is 30.6 Å². The standard InChI is InChI=1S/C20H17ClF3N7O3/c1-9(28-19(33)11-4-12(21)6-13(5-11)34-20(22,23)24)18-29-17(10-2-3-10)30-31(18)15-7-14(16(25)32)26-8-27-15/h4-10H,2-3H2,1H3,(H2,25,32)(H,28,33)/t9-/m0/s1. The van der Waals surface area contributed by atoms with Gasteiger partial charge in [-0.15, -0.1) is 18.3 Å². The molecule has 34 heavy (non-hydrogen) atoms. The summed E-state index contributed by atoms with van der Waals surface area (Å²) in [5.41, 5.74) is 5.11. The number of hydrogen-bond acceptors (Lipinski definition) is 7. The molecule has 10 nitrogen and oxygen atoms in total. The summed E-state index contributed by atoms with van der Waals surface area (Å²) in [6, 6.07) is 3.65. The fourth-order valence-electron chi connectivity index (χ4n) is 3.13. The number of halogens is 4. The van der Waals surface area contributed by atoms with Crippen LogP contribution < -0.4 is 15.8 Å². The molecule has 2 heterocycles. The fraction of sp³-hybridized carbons (Fsp3) is 0.300. The average molecular weight is 496 g/mol. The Morgan fingerprint density at radius 3 is 2.62 bits per heavy atom. The van der Waals surface area contributed by atoms with E-state index in [0.29, 0.717) is 5.82 Å². The lowest BCUT2D eigenvalue weighted by Crippen LogP contribution is -2.29. The molecule has 3 N–H and O–H groups in total. The van der Waals surface area contributed by atoms with Crippen LogP contribution in [-0.4, -0.2) is 42.9 Å². The van der Waals surface area contributed by atoms with Crippen molar-refractivity contribution in [1.29, 1.82) is 0 Å². The SMILES string of the molecule is C[C@H](NC(=O)c1cc(Cl)cc(OC(F)(F)F)c1)c1nc(C2CC2)nn1-c1cc(C(N)=O)ncn1. The highest BCUT2D eigenvalue weighted by molar-refractivity contribution is 6.31. The summed E-state index contributed by atoms with van der Waals surface area (Å²) in [4.78, 5) is 36.7. The number of hydrogen-bond donors (Lipinski definition) is 2. The van der Waals surface area contributed by atoms with Gasteiger partial charge in [0.2, 0.25) is 0 Å². The van der Waals surface area contributed by atoms with Crippen LogP contribution in [0.5, 0.6) is 5.75 Å². The Labute approximate surface area is 195 Å². The molecule has 1 atom stereocenters. The zero-order chi connectivity index (χ0) is 24.6. The van der Waals surface area contributed by atoms with Crippen LogP contribution in [0, 0.1) is 0 Å². The Balaban J connectivity index is 1.62. The number of rotatable bonds is 7. The zero-order valence-electron chi connectivity index (χ0n) is 17.5. The molecule has 0 spiro atoms. The number of nitrogens with zero attached hydrogens (tertiary/aromatic N) is 5. The van der Waals surface area contributed by atoms with E-state index in [0.717, 1.165) is 31.3 Å². The second-order valence-corrected chi connectivity index (χ2v) is 7.99. The molecule has 14 heteroatoms. The molecule has 0 radical (unpaired) electrons. The first-order valence-electron chi connectivity index (χ1n) is 9.96. The third-order valence-electron chi connectivity index (χ3n) is 4.82. The van der Waals surface area contributed by atoms with Gasteiger partial charge in [0.15, 0.2) is 17.5 Å². The van der Waals surface area contributed by atoms with Gasteiger partial charge < -0.3 is 15.8 Å². The maximum atomic E-state index is 12.8. The molecule has 0 bridgehead atoms. The number of benzene rings is 1. The summed E-state index contributed by atoms with van der Waals surface area (Å²) in [6.45, 7) is 1.61. The lowest BCUT2D eigenvalue weighted by atomic mass is 10.2. The molecule has 3 aromatic rings. The van der Waals surface area contributed by atoms with Crippen molar-refractivity contribution in [2.24, 2.45) is 5.73 Å². The van der Waals surface area contributed by atoms with Gasteiger partial charge in [0.1, 0.15) is 17.8 Å². The highest BCUT2D eigenvalue weighted by Crippen LogP contribution is 2.38. The smallest absolute Gasteiger partial charge is 0.406 e. The van der Waals surface area contributed by atoms with E-state index in [1.165, 1.54) is 16.8 Å². The van der Waals surface area contributed by atoms with E-state index in [2.05, 4.69) is 30.1 Å². The Hall–Kier alpha value is -3.74. The molecule has 1 saturated carbocycles.